The third kappa shape index (κ3) is 3.46. The second kappa shape index (κ2) is 9.52. The number of rotatable bonds is 5. The molecule has 0 N–H and O–H groups in total. The van der Waals surface area contributed by atoms with Crippen LogP contribution in [-0.2, 0) is 0 Å². The third-order valence-corrected chi connectivity index (χ3v) is 8.86. The second-order valence-corrected chi connectivity index (χ2v) is 10.8. The van der Waals surface area contributed by atoms with Gasteiger partial charge in [0.05, 0.1) is 20.3 Å². The molecular formula is C35H26FNO5. The normalized spacial score (nSPS) is 21.2. The molecule has 6 nitrogen and oxygen atoms in total. The number of carbonyl (C=O) groups excluding carboxylic acids is 3. The number of Topliss-reactive ketones (excluding diaryl/α,β-unsaturated/α-hetero) is 3. The van der Waals surface area contributed by atoms with E-state index in [2.05, 4.69) is 0 Å². The van der Waals surface area contributed by atoms with Crippen molar-refractivity contribution in [2.75, 3.05) is 19.1 Å². The van der Waals surface area contributed by atoms with E-state index in [0.717, 1.165) is 0 Å². The SMILES string of the molecule is COc1ccc(C(=O)[C@@H]2[C@@H](c3cccc(OC)c3)C3(C(=O)c4ccccc4C3=O)[C@@H]3C=Cc4cc(F)ccc4N23)cc1. The number of fused-ring (bicyclic) bond motifs is 5. The number of ketones is 3. The van der Waals surface area contributed by atoms with E-state index in [1.165, 1.54) is 12.1 Å². The van der Waals surface area contributed by atoms with Gasteiger partial charge in [-0.1, -0.05) is 48.6 Å². The van der Waals surface area contributed by atoms with Crippen molar-refractivity contribution in [3.8, 4) is 11.5 Å². The lowest BCUT2D eigenvalue weighted by atomic mass is 9.64. The summed E-state index contributed by atoms with van der Waals surface area (Å²) in [5, 5.41) is 0. The van der Waals surface area contributed by atoms with E-state index in [9.17, 15) is 18.8 Å². The summed E-state index contributed by atoms with van der Waals surface area (Å²) in [7, 11) is 3.09. The molecule has 1 saturated heterocycles. The lowest BCUT2D eigenvalue weighted by Crippen LogP contribution is -2.48. The van der Waals surface area contributed by atoms with E-state index in [1.54, 1.807) is 99.2 Å². The van der Waals surface area contributed by atoms with Crippen molar-refractivity contribution in [3.05, 3.63) is 131 Å². The van der Waals surface area contributed by atoms with Crippen LogP contribution in [0.25, 0.3) is 6.08 Å². The lowest BCUT2D eigenvalue weighted by molar-refractivity contribution is 0.0665. The number of hydrogen-bond acceptors (Lipinski definition) is 6. The highest BCUT2D eigenvalue weighted by molar-refractivity contribution is 6.32. The van der Waals surface area contributed by atoms with Gasteiger partial charge >= 0.3 is 0 Å². The monoisotopic (exact) mass is 559 g/mol. The Balaban J connectivity index is 1.54. The fourth-order valence-electron chi connectivity index (χ4n) is 7.08. The maximum Gasteiger partial charge on any atom is 0.185 e. The zero-order valence-corrected chi connectivity index (χ0v) is 22.9. The van der Waals surface area contributed by atoms with Crippen LogP contribution >= 0.6 is 0 Å². The van der Waals surface area contributed by atoms with Crippen LogP contribution in [0.3, 0.4) is 0 Å². The molecule has 2 heterocycles. The van der Waals surface area contributed by atoms with Gasteiger partial charge in [-0.15, -0.1) is 0 Å². The summed E-state index contributed by atoms with van der Waals surface area (Å²) in [6.07, 6.45) is 3.52. The lowest BCUT2D eigenvalue weighted by Gasteiger charge is -2.37. The maximum absolute atomic E-state index is 14.7. The summed E-state index contributed by atoms with van der Waals surface area (Å²) in [4.78, 5) is 45.9. The van der Waals surface area contributed by atoms with E-state index in [1.807, 2.05) is 11.0 Å². The van der Waals surface area contributed by atoms with E-state index < -0.39 is 29.2 Å². The predicted molar refractivity (Wildman–Crippen MR) is 156 cm³/mol. The van der Waals surface area contributed by atoms with Crippen molar-refractivity contribution in [2.45, 2.75) is 18.0 Å². The molecule has 0 saturated carbocycles. The summed E-state index contributed by atoms with van der Waals surface area (Å²) in [5.74, 6) is -1.10. The molecule has 4 aromatic carbocycles. The molecule has 4 aromatic rings. The summed E-state index contributed by atoms with van der Waals surface area (Å²) in [6.45, 7) is 0. The second-order valence-electron chi connectivity index (χ2n) is 10.8. The van der Waals surface area contributed by atoms with Crippen molar-refractivity contribution in [2.24, 2.45) is 5.41 Å². The number of ether oxygens (including phenoxy) is 2. The van der Waals surface area contributed by atoms with Gasteiger partial charge < -0.3 is 14.4 Å². The highest BCUT2D eigenvalue weighted by Gasteiger charge is 2.71. The van der Waals surface area contributed by atoms with Crippen LogP contribution in [0.1, 0.15) is 48.1 Å². The van der Waals surface area contributed by atoms with E-state index in [4.69, 9.17) is 9.47 Å². The number of hydrogen-bond donors (Lipinski definition) is 0. The van der Waals surface area contributed by atoms with Gasteiger partial charge in [0, 0.05) is 33.9 Å². The zero-order chi connectivity index (χ0) is 29.2. The number of halogens is 1. The molecular weight excluding hydrogens is 533 g/mol. The van der Waals surface area contributed by atoms with Gasteiger partial charge in [0.2, 0.25) is 0 Å². The molecule has 7 rings (SSSR count). The summed E-state index contributed by atoms with van der Waals surface area (Å²) < 4.78 is 25.2. The number of nitrogens with zero attached hydrogens (tertiary/aromatic N) is 1. The van der Waals surface area contributed by atoms with Gasteiger partial charge in [-0.2, -0.15) is 0 Å². The molecule has 0 radical (unpaired) electrons. The maximum atomic E-state index is 14.7. The topological polar surface area (TPSA) is 72.9 Å². The van der Waals surface area contributed by atoms with Crippen molar-refractivity contribution >= 4 is 29.1 Å². The van der Waals surface area contributed by atoms with Crippen LogP contribution in [-0.4, -0.2) is 43.7 Å². The van der Waals surface area contributed by atoms with Crippen molar-refractivity contribution in [1.29, 1.82) is 0 Å². The van der Waals surface area contributed by atoms with Crippen LogP contribution in [0, 0.1) is 11.2 Å². The van der Waals surface area contributed by atoms with E-state index in [0.29, 0.717) is 45.0 Å². The quantitative estimate of drug-likeness (QED) is 0.216. The minimum absolute atomic E-state index is 0.269. The standard InChI is InChI=1S/C35H26FNO5/c1-41-24-14-10-20(11-15-24)32(38)31-30(22-6-5-7-25(19-22)42-2)35(33(39)26-8-3-4-9-27(26)34(35)40)29-17-12-21-18-23(36)13-16-28(21)37(29)31/h3-19,29-31H,1-2H3/t29-,30+,31-/m0/s1. The Morgan fingerprint density at radius 1 is 0.810 bits per heavy atom. The van der Waals surface area contributed by atoms with Crippen LogP contribution in [0.4, 0.5) is 10.1 Å². The minimum atomic E-state index is -1.65. The first-order valence-corrected chi connectivity index (χ1v) is 13.7. The van der Waals surface area contributed by atoms with Gasteiger partial charge in [-0.05, 0) is 60.2 Å². The summed E-state index contributed by atoms with van der Waals surface area (Å²) in [5.41, 5.74) is 1.20. The average molecular weight is 560 g/mol. The summed E-state index contributed by atoms with van der Waals surface area (Å²) in [6, 6.07) is 23.4. The van der Waals surface area contributed by atoms with Crippen LogP contribution in [0.15, 0.2) is 97.1 Å². The highest BCUT2D eigenvalue weighted by atomic mass is 19.1. The number of methoxy groups -OCH3 is 2. The Morgan fingerprint density at radius 2 is 1.50 bits per heavy atom. The molecule has 1 spiro atoms. The number of anilines is 1. The predicted octanol–water partition coefficient (Wildman–Crippen LogP) is 6.16. The zero-order valence-electron chi connectivity index (χ0n) is 22.9. The van der Waals surface area contributed by atoms with Gasteiger partial charge in [0.25, 0.3) is 0 Å². The Morgan fingerprint density at radius 3 is 2.17 bits per heavy atom. The van der Waals surface area contributed by atoms with Crippen LogP contribution in [0.2, 0.25) is 0 Å². The van der Waals surface area contributed by atoms with Crippen LogP contribution < -0.4 is 14.4 Å². The number of benzene rings is 4. The van der Waals surface area contributed by atoms with Gasteiger partial charge in [-0.3, -0.25) is 14.4 Å². The first-order chi connectivity index (χ1) is 20.4. The molecule has 1 fully saturated rings. The third-order valence-electron chi connectivity index (χ3n) is 8.86. The van der Waals surface area contributed by atoms with Crippen LogP contribution in [0.5, 0.6) is 11.5 Å². The Kier molecular flexibility index (Phi) is 5.87. The minimum Gasteiger partial charge on any atom is -0.497 e. The molecule has 2 aliphatic heterocycles. The van der Waals surface area contributed by atoms with E-state index >= 15 is 0 Å². The molecule has 3 atom stereocenters. The molecule has 7 heteroatoms. The molecule has 208 valence electrons. The summed E-state index contributed by atoms with van der Waals surface area (Å²) >= 11 is 0. The smallest absolute Gasteiger partial charge is 0.185 e. The van der Waals surface area contributed by atoms with Gasteiger partial charge in [-0.25, -0.2) is 4.39 Å². The number of carbonyl (C=O) groups is 3. The molecule has 0 unspecified atom stereocenters. The van der Waals surface area contributed by atoms with Crippen molar-refractivity contribution < 1.29 is 28.2 Å². The average Bonchev–Trinajstić information content (AvgIpc) is 3.46. The molecule has 0 amide bonds. The molecule has 3 aliphatic rings. The van der Waals surface area contributed by atoms with Crippen molar-refractivity contribution in [3.63, 3.8) is 0 Å². The Hall–Kier alpha value is -5.04. The molecule has 42 heavy (non-hydrogen) atoms. The first kappa shape index (κ1) is 25.9. The van der Waals surface area contributed by atoms with Gasteiger partial charge in [0.15, 0.2) is 17.3 Å². The Labute approximate surface area is 242 Å². The molecule has 0 aromatic heterocycles. The van der Waals surface area contributed by atoms with Gasteiger partial charge in [0.1, 0.15) is 28.8 Å². The molecule has 0 bridgehead atoms. The first-order valence-electron chi connectivity index (χ1n) is 13.7. The molecule has 1 aliphatic carbocycles. The van der Waals surface area contributed by atoms with E-state index in [-0.39, 0.29) is 17.3 Å². The van der Waals surface area contributed by atoms with Crippen molar-refractivity contribution in [1.82, 2.24) is 0 Å². The highest BCUT2D eigenvalue weighted by Crippen LogP contribution is 2.61. The fourth-order valence-corrected chi connectivity index (χ4v) is 7.08. The fraction of sp³-hybridized carbons (Fsp3) is 0.171. The Bertz CT molecular complexity index is 1780. The largest absolute Gasteiger partial charge is 0.497 e.